The maximum absolute atomic E-state index is 12.2. The Bertz CT molecular complexity index is 614. The lowest BCUT2D eigenvalue weighted by molar-refractivity contribution is -0.131. The van der Waals surface area contributed by atoms with E-state index in [0.29, 0.717) is 19.4 Å². The average Bonchev–Trinajstić information content (AvgIpc) is 2.93. The number of aryl methyl sites for hydroxylation is 1. The number of piperazine rings is 1. The Hall–Kier alpha value is -1.82. The molecule has 3 heterocycles. The van der Waals surface area contributed by atoms with Crippen LogP contribution < -0.4 is 15.8 Å². The summed E-state index contributed by atoms with van der Waals surface area (Å²) in [6.07, 6.45) is 8.24. The van der Waals surface area contributed by atoms with Crippen LogP contribution in [0.5, 0.6) is 0 Å². The standard InChI is InChI=1S/C19H30N4O2/c24-18(22-14-9-20-10-15-22)6-5-13-23-16-17(7-8-19(23)25)21-11-3-1-2-4-12-21/h7-8,16,20H,1-6,9-15H2. The highest BCUT2D eigenvalue weighted by atomic mass is 16.2. The van der Waals surface area contributed by atoms with E-state index in [0.717, 1.165) is 45.0 Å². The fourth-order valence-corrected chi connectivity index (χ4v) is 3.68. The molecule has 3 rings (SSSR count). The van der Waals surface area contributed by atoms with Gasteiger partial charge in [-0.05, 0) is 25.3 Å². The summed E-state index contributed by atoms with van der Waals surface area (Å²) >= 11 is 0. The number of rotatable bonds is 5. The molecule has 0 spiro atoms. The van der Waals surface area contributed by atoms with Crippen molar-refractivity contribution in [2.45, 2.75) is 45.1 Å². The molecule has 1 aromatic rings. The normalized spacial score (nSPS) is 18.9. The zero-order valence-corrected chi connectivity index (χ0v) is 15.1. The number of nitrogens with zero attached hydrogens (tertiary/aromatic N) is 3. The third-order valence-electron chi connectivity index (χ3n) is 5.20. The summed E-state index contributed by atoms with van der Waals surface area (Å²) in [5.74, 6) is 0.207. The Labute approximate surface area is 149 Å². The van der Waals surface area contributed by atoms with Gasteiger partial charge in [0.15, 0.2) is 0 Å². The summed E-state index contributed by atoms with van der Waals surface area (Å²) in [5.41, 5.74) is 1.16. The molecule has 2 fully saturated rings. The molecule has 6 nitrogen and oxygen atoms in total. The third kappa shape index (κ3) is 5.08. The predicted molar refractivity (Wildman–Crippen MR) is 100 cm³/mol. The second-order valence-corrected chi connectivity index (χ2v) is 7.05. The first-order chi connectivity index (χ1) is 12.2. The van der Waals surface area contributed by atoms with E-state index in [9.17, 15) is 9.59 Å². The fourth-order valence-electron chi connectivity index (χ4n) is 3.68. The summed E-state index contributed by atoms with van der Waals surface area (Å²) in [4.78, 5) is 28.7. The monoisotopic (exact) mass is 346 g/mol. The van der Waals surface area contributed by atoms with Crippen molar-refractivity contribution in [2.24, 2.45) is 0 Å². The van der Waals surface area contributed by atoms with Crippen molar-refractivity contribution >= 4 is 11.6 Å². The molecule has 138 valence electrons. The first-order valence-corrected chi connectivity index (χ1v) is 9.68. The number of carbonyl (C=O) groups excluding carboxylic acids is 1. The number of amides is 1. The summed E-state index contributed by atoms with van der Waals surface area (Å²) in [5, 5.41) is 3.26. The highest BCUT2D eigenvalue weighted by Crippen LogP contribution is 2.18. The fraction of sp³-hybridized carbons (Fsp3) is 0.684. The number of aromatic nitrogens is 1. The van der Waals surface area contributed by atoms with E-state index in [2.05, 4.69) is 10.2 Å². The topological polar surface area (TPSA) is 57.6 Å². The third-order valence-corrected chi connectivity index (χ3v) is 5.20. The maximum atomic E-state index is 12.2. The smallest absolute Gasteiger partial charge is 0.250 e. The zero-order chi connectivity index (χ0) is 17.5. The van der Waals surface area contributed by atoms with Gasteiger partial charge in [-0.1, -0.05) is 12.8 Å². The van der Waals surface area contributed by atoms with Crippen molar-refractivity contribution in [2.75, 3.05) is 44.2 Å². The number of nitrogens with one attached hydrogen (secondary N) is 1. The first kappa shape index (κ1) is 18.0. The molecule has 0 bridgehead atoms. The van der Waals surface area contributed by atoms with E-state index in [1.54, 1.807) is 10.6 Å². The van der Waals surface area contributed by atoms with E-state index in [-0.39, 0.29) is 11.5 Å². The summed E-state index contributed by atoms with van der Waals surface area (Å²) < 4.78 is 1.77. The van der Waals surface area contributed by atoms with Gasteiger partial charge in [0.05, 0.1) is 5.69 Å². The zero-order valence-electron chi connectivity index (χ0n) is 15.1. The van der Waals surface area contributed by atoms with Crippen LogP contribution in [0.15, 0.2) is 23.1 Å². The average molecular weight is 346 g/mol. The van der Waals surface area contributed by atoms with Crippen molar-refractivity contribution in [3.8, 4) is 0 Å². The maximum Gasteiger partial charge on any atom is 0.250 e. The molecule has 0 atom stereocenters. The molecule has 2 aliphatic rings. The molecule has 0 aromatic carbocycles. The quantitative estimate of drug-likeness (QED) is 0.877. The van der Waals surface area contributed by atoms with Gasteiger partial charge in [0, 0.05) is 64.5 Å². The van der Waals surface area contributed by atoms with Gasteiger partial charge < -0.3 is 19.7 Å². The van der Waals surface area contributed by atoms with Crippen LogP contribution in [0.1, 0.15) is 38.5 Å². The van der Waals surface area contributed by atoms with E-state index in [1.807, 2.05) is 17.2 Å². The number of carbonyl (C=O) groups is 1. The summed E-state index contributed by atoms with van der Waals surface area (Å²) in [6, 6.07) is 3.61. The van der Waals surface area contributed by atoms with E-state index in [4.69, 9.17) is 0 Å². The Morgan fingerprint density at radius 3 is 2.44 bits per heavy atom. The number of hydrogen-bond donors (Lipinski definition) is 1. The lowest BCUT2D eigenvalue weighted by Gasteiger charge is -2.27. The highest BCUT2D eigenvalue weighted by molar-refractivity contribution is 5.76. The minimum Gasteiger partial charge on any atom is -0.370 e. The Morgan fingerprint density at radius 2 is 1.72 bits per heavy atom. The van der Waals surface area contributed by atoms with Crippen LogP contribution in [0.2, 0.25) is 0 Å². The van der Waals surface area contributed by atoms with Crippen LogP contribution in [-0.4, -0.2) is 54.6 Å². The van der Waals surface area contributed by atoms with Crippen LogP contribution in [0, 0.1) is 0 Å². The summed E-state index contributed by atoms with van der Waals surface area (Å²) in [7, 11) is 0. The molecule has 0 aliphatic carbocycles. The minimum atomic E-state index is 0.0215. The molecule has 2 aliphatic heterocycles. The number of pyridine rings is 1. The molecule has 1 aromatic heterocycles. The SMILES string of the molecule is O=C(CCCn1cc(N2CCCCCC2)ccc1=O)N1CCNCC1. The second-order valence-electron chi connectivity index (χ2n) is 7.05. The number of hydrogen-bond acceptors (Lipinski definition) is 4. The Kier molecular flexibility index (Phi) is 6.50. The molecule has 25 heavy (non-hydrogen) atoms. The highest BCUT2D eigenvalue weighted by Gasteiger charge is 2.16. The van der Waals surface area contributed by atoms with Gasteiger partial charge in [0.25, 0.3) is 5.56 Å². The largest absolute Gasteiger partial charge is 0.370 e. The minimum absolute atomic E-state index is 0.0215. The predicted octanol–water partition coefficient (Wildman–Crippen LogP) is 1.44. The van der Waals surface area contributed by atoms with Gasteiger partial charge in [0.2, 0.25) is 5.91 Å². The van der Waals surface area contributed by atoms with Gasteiger partial charge in [-0.3, -0.25) is 9.59 Å². The van der Waals surface area contributed by atoms with Crippen molar-refractivity contribution in [1.29, 1.82) is 0 Å². The molecule has 6 heteroatoms. The van der Waals surface area contributed by atoms with Crippen molar-refractivity contribution < 1.29 is 4.79 Å². The first-order valence-electron chi connectivity index (χ1n) is 9.68. The molecular weight excluding hydrogens is 316 g/mol. The summed E-state index contributed by atoms with van der Waals surface area (Å²) in [6.45, 7) is 6.09. The van der Waals surface area contributed by atoms with Crippen LogP contribution in [0.25, 0.3) is 0 Å². The van der Waals surface area contributed by atoms with Gasteiger partial charge >= 0.3 is 0 Å². The van der Waals surface area contributed by atoms with E-state index in [1.165, 1.54) is 25.7 Å². The Morgan fingerprint density at radius 1 is 1.00 bits per heavy atom. The van der Waals surface area contributed by atoms with Crippen LogP contribution in [-0.2, 0) is 11.3 Å². The second kappa shape index (κ2) is 9.04. The molecule has 2 saturated heterocycles. The van der Waals surface area contributed by atoms with Crippen molar-refractivity contribution in [3.05, 3.63) is 28.7 Å². The lowest BCUT2D eigenvalue weighted by atomic mass is 10.2. The van der Waals surface area contributed by atoms with Crippen LogP contribution >= 0.6 is 0 Å². The van der Waals surface area contributed by atoms with Crippen LogP contribution in [0.4, 0.5) is 5.69 Å². The molecular formula is C19H30N4O2. The van der Waals surface area contributed by atoms with Gasteiger partial charge in [0.1, 0.15) is 0 Å². The lowest BCUT2D eigenvalue weighted by Crippen LogP contribution is -2.46. The van der Waals surface area contributed by atoms with Gasteiger partial charge in [-0.25, -0.2) is 0 Å². The molecule has 1 amide bonds. The molecule has 0 saturated carbocycles. The van der Waals surface area contributed by atoms with Crippen LogP contribution in [0.3, 0.4) is 0 Å². The van der Waals surface area contributed by atoms with E-state index < -0.39 is 0 Å². The van der Waals surface area contributed by atoms with E-state index >= 15 is 0 Å². The van der Waals surface area contributed by atoms with Crippen molar-refractivity contribution in [1.82, 2.24) is 14.8 Å². The molecule has 0 radical (unpaired) electrons. The van der Waals surface area contributed by atoms with Gasteiger partial charge in [-0.2, -0.15) is 0 Å². The molecule has 0 unspecified atom stereocenters. The van der Waals surface area contributed by atoms with Gasteiger partial charge in [-0.15, -0.1) is 0 Å². The number of anilines is 1. The Balaban J connectivity index is 1.55. The molecule has 1 N–H and O–H groups in total. The van der Waals surface area contributed by atoms with Crippen molar-refractivity contribution in [3.63, 3.8) is 0 Å².